The van der Waals surface area contributed by atoms with Gasteiger partial charge in [-0.15, -0.1) is 0 Å². The van der Waals surface area contributed by atoms with Crippen molar-refractivity contribution in [3.8, 4) is 5.75 Å². The van der Waals surface area contributed by atoms with Crippen LogP contribution < -0.4 is 15.9 Å². The molecular weight excluding hydrogens is 400 g/mol. The van der Waals surface area contributed by atoms with Gasteiger partial charge in [0, 0.05) is 45.2 Å². The van der Waals surface area contributed by atoms with Crippen LogP contribution in [0.15, 0.2) is 23.2 Å². The third-order valence-corrected chi connectivity index (χ3v) is 5.30. The second-order valence-electron chi connectivity index (χ2n) is 7.61. The van der Waals surface area contributed by atoms with Gasteiger partial charge in [0.05, 0.1) is 25.5 Å². The number of amides is 2. The third-order valence-electron chi connectivity index (χ3n) is 5.30. The fraction of sp³-hybridized carbons (Fsp3) is 0.571. The number of carbonyl (C=O) groups is 2. The van der Waals surface area contributed by atoms with Crippen molar-refractivity contribution in [2.45, 2.75) is 26.3 Å². The lowest BCUT2D eigenvalue weighted by Gasteiger charge is -2.30. The van der Waals surface area contributed by atoms with E-state index in [9.17, 15) is 9.59 Å². The van der Waals surface area contributed by atoms with Crippen molar-refractivity contribution in [3.05, 3.63) is 23.8 Å². The molecule has 0 saturated carbocycles. The Morgan fingerprint density at radius 1 is 1.32 bits per heavy atom. The topological polar surface area (TPSA) is 113 Å². The van der Waals surface area contributed by atoms with Gasteiger partial charge >= 0.3 is 0 Å². The van der Waals surface area contributed by atoms with Gasteiger partial charge in [0.25, 0.3) is 5.91 Å². The van der Waals surface area contributed by atoms with E-state index in [1.807, 2.05) is 30.1 Å². The first-order valence-corrected chi connectivity index (χ1v) is 10.7. The van der Waals surface area contributed by atoms with Gasteiger partial charge in [0.2, 0.25) is 5.91 Å². The molecule has 1 aromatic rings. The number of carbonyl (C=O) groups excluding carboxylic acids is 2. The number of nitrogens with zero attached hydrogens (tertiary/aromatic N) is 4. The molecule has 2 aliphatic heterocycles. The van der Waals surface area contributed by atoms with E-state index in [4.69, 9.17) is 15.2 Å². The van der Waals surface area contributed by atoms with E-state index in [1.54, 1.807) is 16.8 Å². The minimum absolute atomic E-state index is 0.115. The number of nitrogens with two attached hydrogens (primary N) is 1. The summed E-state index contributed by atoms with van der Waals surface area (Å²) in [6.45, 7) is 6.24. The minimum atomic E-state index is -0.141. The van der Waals surface area contributed by atoms with E-state index >= 15 is 0 Å². The molecule has 0 atom stereocenters. The molecule has 0 unspecified atom stereocenters. The molecule has 3 N–H and O–H groups in total. The zero-order valence-electron chi connectivity index (χ0n) is 18.3. The second kappa shape index (κ2) is 11.0. The third kappa shape index (κ3) is 6.56. The number of guanidine groups is 1. The molecule has 0 aromatic heterocycles. The molecule has 1 fully saturated rings. The monoisotopic (exact) mass is 432 g/mol. The summed E-state index contributed by atoms with van der Waals surface area (Å²) in [6.07, 6.45) is 1.11. The number of benzene rings is 1. The molecular formula is C21H32N6O4. The van der Waals surface area contributed by atoms with Crippen molar-refractivity contribution in [3.63, 3.8) is 0 Å². The smallest absolute Gasteiger partial charge is 0.253 e. The highest BCUT2D eigenvalue weighted by molar-refractivity contribution is 5.88. The van der Waals surface area contributed by atoms with Crippen LogP contribution in [0.3, 0.4) is 0 Å². The fourth-order valence-electron chi connectivity index (χ4n) is 3.35. The van der Waals surface area contributed by atoms with Gasteiger partial charge < -0.3 is 25.0 Å². The molecule has 0 spiro atoms. The van der Waals surface area contributed by atoms with Crippen LogP contribution in [0.25, 0.3) is 0 Å². The lowest BCUT2D eigenvalue weighted by atomic mass is 10.1. The summed E-state index contributed by atoms with van der Waals surface area (Å²) in [5, 5.41) is 1.85. The van der Waals surface area contributed by atoms with Crippen LogP contribution in [0.4, 0.5) is 5.69 Å². The predicted octanol–water partition coefficient (Wildman–Crippen LogP) is 0.449. The molecule has 0 bridgehead atoms. The molecule has 1 aromatic carbocycles. The Labute approximate surface area is 182 Å². The summed E-state index contributed by atoms with van der Waals surface area (Å²) in [5.41, 5.74) is 10.7. The molecule has 10 heteroatoms. The first-order chi connectivity index (χ1) is 15.0. The molecule has 2 heterocycles. The summed E-state index contributed by atoms with van der Waals surface area (Å²) >= 11 is 0. The maximum atomic E-state index is 12.4. The largest absolute Gasteiger partial charge is 0.494 e. The van der Waals surface area contributed by atoms with Gasteiger partial charge in [0.1, 0.15) is 12.3 Å². The van der Waals surface area contributed by atoms with Crippen LogP contribution in [0.2, 0.25) is 0 Å². The molecule has 0 aliphatic carbocycles. The van der Waals surface area contributed by atoms with Crippen LogP contribution in [-0.4, -0.2) is 85.6 Å². The second-order valence-corrected chi connectivity index (χ2v) is 7.61. The molecule has 1 saturated heterocycles. The number of hydrogen-bond acceptors (Lipinski definition) is 8. The summed E-state index contributed by atoms with van der Waals surface area (Å²) in [4.78, 5) is 32.1. The van der Waals surface area contributed by atoms with Crippen molar-refractivity contribution >= 4 is 23.5 Å². The van der Waals surface area contributed by atoms with Crippen LogP contribution in [0.5, 0.6) is 5.75 Å². The van der Waals surface area contributed by atoms with Crippen molar-refractivity contribution in [1.29, 1.82) is 0 Å². The summed E-state index contributed by atoms with van der Waals surface area (Å²) in [7, 11) is 1.80. The first kappa shape index (κ1) is 22.8. The molecule has 3 rings (SSSR count). The summed E-state index contributed by atoms with van der Waals surface area (Å²) in [5.74, 6) is 1.00. The summed E-state index contributed by atoms with van der Waals surface area (Å²) < 4.78 is 11.1. The Hall–Kier alpha value is -2.85. The molecule has 2 aliphatic rings. The van der Waals surface area contributed by atoms with Crippen molar-refractivity contribution in [2.75, 3.05) is 53.0 Å². The zero-order valence-corrected chi connectivity index (χ0v) is 18.3. The lowest BCUT2D eigenvalue weighted by Crippen LogP contribution is -2.52. The van der Waals surface area contributed by atoms with Crippen molar-refractivity contribution in [1.82, 2.24) is 20.2 Å². The van der Waals surface area contributed by atoms with Crippen LogP contribution in [-0.2, 0) is 20.9 Å². The van der Waals surface area contributed by atoms with Crippen LogP contribution in [0.1, 0.15) is 25.3 Å². The van der Waals surface area contributed by atoms with Gasteiger partial charge in [-0.2, -0.15) is 0 Å². The van der Waals surface area contributed by atoms with Gasteiger partial charge in [0.15, 0.2) is 5.96 Å². The quantitative estimate of drug-likeness (QED) is 0.545. The highest BCUT2D eigenvalue weighted by Crippen LogP contribution is 2.29. The zero-order chi connectivity index (χ0) is 22.2. The van der Waals surface area contributed by atoms with Gasteiger partial charge in [-0.3, -0.25) is 15.0 Å². The number of hydrogen-bond donors (Lipinski definition) is 2. The highest BCUT2D eigenvalue weighted by Gasteiger charge is 2.22. The molecule has 170 valence electrons. The average molecular weight is 433 g/mol. The standard InChI is InChI=1S/C21H32N6O4/c1-3-25(2)20(29)5-4-10-31-17-6-7-18-16(13-17)14-26(21(22)23-18)15-19(28)24-27-8-11-30-12-9-27/h6-7,13H,3-5,8-12,14-15H2,1-2H3,(H2,22,23)(H,24,28). The maximum absolute atomic E-state index is 12.4. The Morgan fingerprint density at radius 2 is 2.10 bits per heavy atom. The number of ether oxygens (including phenoxy) is 2. The van der Waals surface area contributed by atoms with Crippen LogP contribution in [0, 0.1) is 0 Å². The molecule has 31 heavy (non-hydrogen) atoms. The van der Waals surface area contributed by atoms with Crippen LogP contribution >= 0.6 is 0 Å². The lowest BCUT2D eigenvalue weighted by molar-refractivity contribution is -0.130. The van der Waals surface area contributed by atoms with E-state index in [-0.39, 0.29) is 18.4 Å². The van der Waals surface area contributed by atoms with Gasteiger partial charge in [-0.25, -0.2) is 10.0 Å². The fourth-order valence-corrected chi connectivity index (χ4v) is 3.35. The Balaban J connectivity index is 1.50. The van der Waals surface area contributed by atoms with E-state index in [1.165, 1.54) is 0 Å². The normalized spacial score (nSPS) is 16.3. The SMILES string of the molecule is CCN(C)C(=O)CCCOc1ccc2c(c1)CN(CC(=O)NN1CCOCC1)C(N)=N2. The first-order valence-electron chi connectivity index (χ1n) is 10.7. The van der Waals surface area contributed by atoms with E-state index in [2.05, 4.69) is 10.4 Å². The predicted molar refractivity (Wildman–Crippen MR) is 117 cm³/mol. The Kier molecular flexibility index (Phi) is 8.07. The number of aliphatic imine (C=N–C) groups is 1. The number of morpholine rings is 1. The number of nitrogens with one attached hydrogen (secondary N) is 1. The van der Waals surface area contributed by atoms with E-state index < -0.39 is 0 Å². The van der Waals surface area contributed by atoms with E-state index in [0.717, 1.165) is 11.3 Å². The molecule has 0 radical (unpaired) electrons. The Morgan fingerprint density at radius 3 is 2.84 bits per heavy atom. The summed E-state index contributed by atoms with van der Waals surface area (Å²) in [6, 6.07) is 5.62. The highest BCUT2D eigenvalue weighted by atomic mass is 16.5. The van der Waals surface area contributed by atoms with Crippen molar-refractivity contribution in [2.24, 2.45) is 10.7 Å². The number of rotatable bonds is 9. The molecule has 10 nitrogen and oxygen atoms in total. The van der Waals surface area contributed by atoms with Gasteiger partial charge in [-0.05, 0) is 31.5 Å². The number of hydrazine groups is 1. The Bertz CT molecular complexity index is 809. The maximum Gasteiger partial charge on any atom is 0.253 e. The average Bonchev–Trinajstić information content (AvgIpc) is 2.77. The number of fused-ring (bicyclic) bond motifs is 1. The minimum Gasteiger partial charge on any atom is -0.494 e. The molecule has 2 amide bonds. The van der Waals surface area contributed by atoms with Crippen molar-refractivity contribution < 1.29 is 19.1 Å². The van der Waals surface area contributed by atoms with Gasteiger partial charge in [-0.1, -0.05) is 0 Å². The van der Waals surface area contributed by atoms with E-state index in [0.29, 0.717) is 70.6 Å².